The number of fused-ring (bicyclic) bond motifs is 1. The van der Waals surface area contributed by atoms with E-state index in [9.17, 15) is 13.2 Å². The predicted molar refractivity (Wildman–Crippen MR) is 88.8 cm³/mol. The Bertz CT molecular complexity index is 682. The SMILES string of the molecule is O=C1CCCc2cc(S(=O)(=O)NCCC3CCNC3)ccc2N1. The number of carbonyl (C=O) groups excluding carboxylic acids is 1. The van der Waals surface area contributed by atoms with Crippen molar-refractivity contribution in [3.8, 4) is 0 Å². The smallest absolute Gasteiger partial charge is 0.240 e. The van der Waals surface area contributed by atoms with Gasteiger partial charge < -0.3 is 10.6 Å². The predicted octanol–water partition coefficient (Wildman–Crippen LogP) is 1.24. The number of hydrogen-bond acceptors (Lipinski definition) is 4. The van der Waals surface area contributed by atoms with Crippen LogP contribution in [0.2, 0.25) is 0 Å². The fourth-order valence-electron chi connectivity index (χ4n) is 3.16. The summed E-state index contributed by atoms with van der Waals surface area (Å²) >= 11 is 0. The third-order valence-electron chi connectivity index (χ3n) is 4.52. The van der Waals surface area contributed by atoms with Crippen LogP contribution in [-0.2, 0) is 21.2 Å². The Kier molecular flexibility index (Phi) is 4.99. The second-order valence-electron chi connectivity index (χ2n) is 6.27. The van der Waals surface area contributed by atoms with Gasteiger partial charge in [-0.25, -0.2) is 13.1 Å². The van der Waals surface area contributed by atoms with E-state index in [2.05, 4.69) is 15.4 Å². The maximum Gasteiger partial charge on any atom is 0.240 e. The van der Waals surface area contributed by atoms with Crippen molar-refractivity contribution in [2.45, 2.75) is 37.0 Å². The third kappa shape index (κ3) is 4.10. The number of carbonyl (C=O) groups is 1. The van der Waals surface area contributed by atoms with Crippen LogP contribution in [0, 0.1) is 5.92 Å². The van der Waals surface area contributed by atoms with E-state index in [4.69, 9.17) is 0 Å². The van der Waals surface area contributed by atoms with Gasteiger partial charge in [0.2, 0.25) is 15.9 Å². The maximum atomic E-state index is 12.4. The summed E-state index contributed by atoms with van der Waals surface area (Å²) in [6, 6.07) is 4.93. The fraction of sp³-hybridized carbons (Fsp3) is 0.562. The van der Waals surface area contributed by atoms with Gasteiger partial charge in [-0.15, -0.1) is 0 Å². The minimum atomic E-state index is -3.49. The first-order chi connectivity index (χ1) is 11.0. The summed E-state index contributed by atoms with van der Waals surface area (Å²) < 4.78 is 27.5. The maximum absolute atomic E-state index is 12.4. The van der Waals surface area contributed by atoms with Gasteiger partial charge in [0.1, 0.15) is 0 Å². The molecule has 2 aliphatic rings. The molecule has 1 aromatic carbocycles. The second kappa shape index (κ2) is 6.98. The first-order valence-electron chi connectivity index (χ1n) is 8.18. The highest BCUT2D eigenvalue weighted by Crippen LogP contribution is 2.25. The summed E-state index contributed by atoms with van der Waals surface area (Å²) in [5, 5.41) is 6.10. The molecule has 126 valence electrons. The lowest BCUT2D eigenvalue weighted by Gasteiger charge is -2.12. The Balaban J connectivity index is 1.67. The Hall–Kier alpha value is -1.44. The highest BCUT2D eigenvalue weighted by molar-refractivity contribution is 7.89. The van der Waals surface area contributed by atoms with Crippen LogP contribution in [0.1, 0.15) is 31.2 Å². The van der Waals surface area contributed by atoms with Crippen LogP contribution in [0.4, 0.5) is 5.69 Å². The molecule has 1 atom stereocenters. The third-order valence-corrected chi connectivity index (χ3v) is 5.98. The lowest BCUT2D eigenvalue weighted by atomic mass is 10.1. The molecule has 0 radical (unpaired) electrons. The first kappa shape index (κ1) is 16.4. The second-order valence-corrected chi connectivity index (χ2v) is 8.03. The van der Waals surface area contributed by atoms with Crippen LogP contribution in [-0.4, -0.2) is 34.0 Å². The monoisotopic (exact) mass is 337 g/mol. The summed E-state index contributed by atoms with van der Waals surface area (Å²) in [5.74, 6) is 0.544. The minimum Gasteiger partial charge on any atom is -0.326 e. The van der Waals surface area contributed by atoms with Gasteiger partial charge in [-0.3, -0.25) is 4.79 Å². The molecule has 6 nitrogen and oxygen atoms in total. The molecule has 1 saturated heterocycles. The number of benzene rings is 1. The van der Waals surface area contributed by atoms with E-state index < -0.39 is 10.0 Å². The Morgan fingerprint density at radius 1 is 1.26 bits per heavy atom. The number of hydrogen-bond donors (Lipinski definition) is 3. The largest absolute Gasteiger partial charge is 0.326 e. The van der Waals surface area contributed by atoms with Crippen molar-refractivity contribution >= 4 is 21.6 Å². The van der Waals surface area contributed by atoms with Crippen LogP contribution in [0.3, 0.4) is 0 Å². The molecule has 1 aromatic rings. The molecule has 3 rings (SSSR count). The summed E-state index contributed by atoms with van der Waals surface area (Å²) in [6.45, 7) is 2.46. The van der Waals surface area contributed by atoms with Crippen LogP contribution in [0.15, 0.2) is 23.1 Å². The van der Waals surface area contributed by atoms with Gasteiger partial charge in [0, 0.05) is 18.7 Å². The Morgan fingerprint density at radius 3 is 2.91 bits per heavy atom. The molecular formula is C16H23N3O3S. The zero-order valence-electron chi connectivity index (χ0n) is 13.1. The summed E-state index contributed by atoms with van der Waals surface area (Å²) in [6.07, 6.45) is 3.90. The number of aryl methyl sites for hydroxylation is 1. The topological polar surface area (TPSA) is 87.3 Å². The van der Waals surface area contributed by atoms with Crippen molar-refractivity contribution in [2.75, 3.05) is 25.0 Å². The highest BCUT2D eigenvalue weighted by Gasteiger charge is 2.20. The Morgan fingerprint density at radius 2 is 2.13 bits per heavy atom. The van der Waals surface area contributed by atoms with E-state index in [0.29, 0.717) is 25.3 Å². The molecule has 1 fully saturated rings. The molecule has 2 heterocycles. The average molecular weight is 337 g/mol. The van der Waals surface area contributed by atoms with Crippen LogP contribution in [0.5, 0.6) is 0 Å². The van der Waals surface area contributed by atoms with Gasteiger partial charge in [-0.2, -0.15) is 0 Å². The molecule has 1 unspecified atom stereocenters. The molecule has 0 aliphatic carbocycles. The molecule has 0 aromatic heterocycles. The van der Waals surface area contributed by atoms with Crippen molar-refractivity contribution in [1.82, 2.24) is 10.0 Å². The summed E-state index contributed by atoms with van der Waals surface area (Å²) in [7, 11) is -3.49. The van der Waals surface area contributed by atoms with Crippen molar-refractivity contribution < 1.29 is 13.2 Å². The number of amides is 1. The lowest BCUT2D eigenvalue weighted by molar-refractivity contribution is -0.116. The quantitative estimate of drug-likeness (QED) is 0.754. The van der Waals surface area contributed by atoms with E-state index in [1.165, 1.54) is 0 Å². The molecule has 23 heavy (non-hydrogen) atoms. The van der Waals surface area contributed by atoms with E-state index in [0.717, 1.165) is 43.6 Å². The molecule has 1 amide bonds. The van der Waals surface area contributed by atoms with Crippen molar-refractivity contribution in [3.63, 3.8) is 0 Å². The fourth-order valence-corrected chi connectivity index (χ4v) is 4.26. The van der Waals surface area contributed by atoms with E-state index in [1.54, 1.807) is 18.2 Å². The van der Waals surface area contributed by atoms with Gasteiger partial charge in [0.25, 0.3) is 0 Å². The first-order valence-corrected chi connectivity index (χ1v) is 9.66. The number of rotatable bonds is 5. The molecule has 2 aliphatic heterocycles. The Labute approximate surface area is 137 Å². The average Bonchev–Trinajstić information content (AvgIpc) is 2.94. The zero-order valence-corrected chi connectivity index (χ0v) is 13.9. The molecule has 7 heteroatoms. The van der Waals surface area contributed by atoms with Crippen molar-refractivity contribution in [3.05, 3.63) is 23.8 Å². The number of nitrogens with one attached hydrogen (secondary N) is 3. The lowest BCUT2D eigenvalue weighted by Crippen LogP contribution is -2.26. The van der Waals surface area contributed by atoms with E-state index in [1.807, 2.05) is 0 Å². The zero-order chi connectivity index (χ0) is 16.3. The standard InChI is InChI=1S/C16H23N3O3S/c20-16-3-1-2-13-10-14(4-5-15(13)19-16)23(21,22)18-9-7-12-6-8-17-11-12/h4-5,10,12,17-18H,1-3,6-9,11H2,(H,19,20). The van der Waals surface area contributed by atoms with Gasteiger partial charge in [0.05, 0.1) is 4.90 Å². The van der Waals surface area contributed by atoms with Crippen LogP contribution < -0.4 is 15.4 Å². The van der Waals surface area contributed by atoms with E-state index >= 15 is 0 Å². The minimum absolute atomic E-state index is 0.0114. The normalized spacial score (nSPS) is 21.6. The van der Waals surface area contributed by atoms with Crippen LogP contribution in [0.25, 0.3) is 0 Å². The van der Waals surface area contributed by atoms with Gasteiger partial charge in [-0.05, 0) is 68.5 Å². The summed E-state index contributed by atoms with van der Waals surface area (Å²) in [5.41, 5.74) is 1.61. The molecule has 0 bridgehead atoms. The van der Waals surface area contributed by atoms with E-state index in [-0.39, 0.29) is 10.8 Å². The molecule has 0 spiro atoms. The number of anilines is 1. The molecule has 3 N–H and O–H groups in total. The molecular weight excluding hydrogens is 314 g/mol. The van der Waals surface area contributed by atoms with Gasteiger partial charge >= 0.3 is 0 Å². The van der Waals surface area contributed by atoms with Crippen molar-refractivity contribution in [2.24, 2.45) is 5.92 Å². The van der Waals surface area contributed by atoms with Crippen LogP contribution >= 0.6 is 0 Å². The number of sulfonamides is 1. The van der Waals surface area contributed by atoms with Crippen molar-refractivity contribution in [1.29, 1.82) is 0 Å². The van der Waals surface area contributed by atoms with Gasteiger partial charge in [-0.1, -0.05) is 0 Å². The highest BCUT2D eigenvalue weighted by atomic mass is 32.2. The molecule has 0 saturated carbocycles. The summed E-state index contributed by atoms with van der Waals surface area (Å²) in [4.78, 5) is 11.8. The van der Waals surface area contributed by atoms with Gasteiger partial charge in [0.15, 0.2) is 0 Å².